The summed E-state index contributed by atoms with van der Waals surface area (Å²) < 4.78 is 0. The molecule has 1 nitrogen and oxygen atoms in total. The summed E-state index contributed by atoms with van der Waals surface area (Å²) in [4.78, 5) is 0. The SMILES string of the molecule is C=CNCC.CC. The van der Waals surface area contributed by atoms with E-state index in [4.69, 9.17) is 0 Å². The molecule has 0 aromatic rings. The zero-order chi connectivity index (χ0) is 6.12. The predicted octanol–water partition coefficient (Wildman–Crippen LogP) is 1.77. The Labute approximate surface area is 46.4 Å². The van der Waals surface area contributed by atoms with E-state index in [0.717, 1.165) is 6.54 Å². The van der Waals surface area contributed by atoms with E-state index in [0.29, 0.717) is 0 Å². The molecule has 0 saturated carbocycles. The van der Waals surface area contributed by atoms with Crippen LogP contribution in [0.15, 0.2) is 12.8 Å². The van der Waals surface area contributed by atoms with Gasteiger partial charge in [-0.1, -0.05) is 20.4 Å². The first-order valence-electron chi connectivity index (χ1n) is 2.76. The van der Waals surface area contributed by atoms with Crippen molar-refractivity contribution < 1.29 is 0 Å². The lowest BCUT2D eigenvalue weighted by atomic mass is 10.7. The topological polar surface area (TPSA) is 12.0 Å². The summed E-state index contributed by atoms with van der Waals surface area (Å²) in [5.41, 5.74) is 0. The molecule has 0 aromatic carbocycles. The summed E-state index contributed by atoms with van der Waals surface area (Å²) in [5.74, 6) is 0. The first-order chi connectivity index (χ1) is 3.41. The summed E-state index contributed by atoms with van der Waals surface area (Å²) in [7, 11) is 0. The maximum atomic E-state index is 3.44. The Kier molecular flexibility index (Phi) is 24.6. The third kappa shape index (κ3) is 29.3. The lowest BCUT2D eigenvalue weighted by molar-refractivity contribution is 0.922. The van der Waals surface area contributed by atoms with Crippen LogP contribution in [0.25, 0.3) is 0 Å². The van der Waals surface area contributed by atoms with Crippen LogP contribution in [0.2, 0.25) is 0 Å². The summed E-state index contributed by atoms with van der Waals surface area (Å²) in [6, 6.07) is 0. The molecule has 0 saturated heterocycles. The Balaban J connectivity index is 0. The van der Waals surface area contributed by atoms with Crippen LogP contribution in [0, 0.1) is 0 Å². The third-order valence-electron chi connectivity index (χ3n) is 0.348. The molecular formula is C6H15N. The van der Waals surface area contributed by atoms with Crippen molar-refractivity contribution in [1.82, 2.24) is 5.32 Å². The van der Waals surface area contributed by atoms with Gasteiger partial charge >= 0.3 is 0 Å². The molecule has 0 unspecified atom stereocenters. The van der Waals surface area contributed by atoms with Gasteiger partial charge in [0, 0.05) is 6.54 Å². The quantitative estimate of drug-likeness (QED) is 0.559. The van der Waals surface area contributed by atoms with Crippen LogP contribution in [0.5, 0.6) is 0 Å². The molecule has 44 valence electrons. The van der Waals surface area contributed by atoms with Gasteiger partial charge in [0.05, 0.1) is 0 Å². The largest absolute Gasteiger partial charge is 0.392 e. The Morgan fingerprint density at radius 1 is 1.57 bits per heavy atom. The van der Waals surface area contributed by atoms with E-state index in [-0.39, 0.29) is 0 Å². The van der Waals surface area contributed by atoms with Gasteiger partial charge in [0.15, 0.2) is 0 Å². The lowest BCUT2D eigenvalue weighted by Gasteiger charge is -1.83. The van der Waals surface area contributed by atoms with Gasteiger partial charge in [0.25, 0.3) is 0 Å². The summed E-state index contributed by atoms with van der Waals surface area (Å²) in [5, 5.41) is 2.88. The van der Waals surface area contributed by atoms with Gasteiger partial charge in [0.2, 0.25) is 0 Å². The maximum absolute atomic E-state index is 3.44. The average Bonchev–Trinajstić information content (AvgIpc) is 1.75. The molecule has 0 spiro atoms. The molecule has 7 heavy (non-hydrogen) atoms. The molecular weight excluding hydrogens is 86.1 g/mol. The molecule has 1 heteroatoms. The van der Waals surface area contributed by atoms with Gasteiger partial charge in [0.1, 0.15) is 0 Å². The minimum absolute atomic E-state index is 0.976. The van der Waals surface area contributed by atoms with Crippen molar-refractivity contribution in [3.05, 3.63) is 12.8 Å². The fraction of sp³-hybridized carbons (Fsp3) is 0.667. The molecule has 0 aliphatic rings. The van der Waals surface area contributed by atoms with E-state index in [1.807, 2.05) is 20.8 Å². The molecule has 0 radical (unpaired) electrons. The molecule has 0 aromatic heterocycles. The Morgan fingerprint density at radius 3 is 2.00 bits per heavy atom. The fourth-order valence-corrected chi connectivity index (χ4v) is 0.144. The molecule has 0 amide bonds. The summed E-state index contributed by atoms with van der Waals surface area (Å²) in [6.45, 7) is 10.4. The van der Waals surface area contributed by atoms with Crippen LogP contribution in [0.3, 0.4) is 0 Å². The van der Waals surface area contributed by atoms with Crippen LogP contribution >= 0.6 is 0 Å². The van der Waals surface area contributed by atoms with Crippen LogP contribution in [-0.2, 0) is 0 Å². The Hall–Kier alpha value is -0.460. The van der Waals surface area contributed by atoms with Gasteiger partial charge in [-0.15, -0.1) is 0 Å². The van der Waals surface area contributed by atoms with Gasteiger partial charge in [-0.05, 0) is 13.1 Å². The predicted molar refractivity (Wildman–Crippen MR) is 35.2 cm³/mol. The number of hydrogen-bond donors (Lipinski definition) is 1. The zero-order valence-corrected chi connectivity index (χ0v) is 5.49. The van der Waals surface area contributed by atoms with E-state index < -0.39 is 0 Å². The zero-order valence-electron chi connectivity index (χ0n) is 5.49. The highest BCUT2D eigenvalue weighted by atomic mass is 14.8. The van der Waals surface area contributed by atoms with Crippen molar-refractivity contribution >= 4 is 0 Å². The van der Waals surface area contributed by atoms with Crippen LogP contribution in [-0.4, -0.2) is 6.54 Å². The maximum Gasteiger partial charge on any atom is 0.0112 e. The van der Waals surface area contributed by atoms with Gasteiger partial charge in [-0.3, -0.25) is 0 Å². The molecule has 1 N–H and O–H groups in total. The number of hydrogen-bond acceptors (Lipinski definition) is 1. The monoisotopic (exact) mass is 101 g/mol. The summed E-state index contributed by atoms with van der Waals surface area (Å²) >= 11 is 0. The first-order valence-corrected chi connectivity index (χ1v) is 2.76. The molecule has 0 bridgehead atoms. The second kappa shape index (κ2) is 17.7. The standard InChI is InChI=1S/C4H9N.C2H6/c1-3-5-4-2;1-2/h3,5H,1,4H2,2H3;1-2H3. The number of rotatable bonds is 2. The minimum Gasteiger partial charge on any atom is -0.392 e. The normalized spacial score (nSPS) is 5.57. The second-order valence-electron chi connectivity index (χ2n) is 0.762. The van der Waals surface area contributed by atoms with Crippen LogP contribution in [0.4, 0.5) is 0 Å². The molecule has 0 aliphatic heterocycles. The van der Waals surface area contributed by atoms with Gasteiger partial charge < -0.3 is 5.32 Å². The van der Waals surface area contributed by atoms with Gasteiger partial charge in [-0.25, -0.2) is 0 Å². The van der Waals surface area contributed by atoms with Crippen LogP contribution < -0.4 is 5.32 Å². The smallest absolute Gasteiger partial charge is 0.0112 e. The highest BCUT2D eigenvalue weighted by Gasteiger charge is 1.54. The van der Waals surface area contributed by atoms with Crippen LogP contribution in [0.1, 0.15) is 20.8 Å². The lowest BCUT2D eigenvalue weighted by Crippen LogP contribution is -1.99. The molecule has 0 aliphatic carbocycles. The van der Waals surface area contributed by atoms with E-state index in [2.05, 4.69) is 11.9 Å². The van der Waals surface area contributed by atoms with Crippen molar-refractivity contribution in [1.29, 1.82) is 0 Å². The van der Waals surface area contributed by atoms with Gasteiger partial charge in [-0.2, -0.15) is 0 Å². The Morgan fingerprint density at radius 2 is 2.00 bits per heavy atom. The second-order valence-corrected chi connectivity index (χ2v) is 0.762. The van der Waals surface area contributed by atoms with E-state index in [1.165, 1.54) is 0 Å². The van der Waals surface area contributed by atoms with Crippen molar-refractivity contribution in [3.8, 4) is 0 Å². The average molecular weight is 101 g/mol. The molecule has 0 fully saturated rings. The van der Waals surface area contributed by atoms with Crippen molar-refractivity contribution in [2.45, 2.75) is 20.8 Å². The molecule has 0 heterocycles. The molecule has 0 rings (SSSR count). The first kappa shape index (κ1) is 9.74. The Bertz CT molecular complexity index is 25.4. The highest BCUT2D eigenvalue weighted by molar-refractivity contribution is 4.58. The van der Waals surface area contributed by atoms with Crippen molar-refractivity contribution in [2.75, 3.05) is 6.54 Å². The highest BCUT2D eigenvalue weighted by Crippen LogP contribution is 1.47. The van der Waals surface area contributed by atoms with E-state index in [1.54, 1.807) is 6.20 Å². The summed E-state index contributed by atoms with van der Waals surface area (Å²) in [6.07, 6.45) is 1.68. The van der Waals surface area contributed by atoms with Crippen molar-refractivity contribution in [3.63, 3.8) is 0 Å². The number of nitrogens with one attached hydrogen (secondary N) is 1. The fourth-order valence-electron chi connectivity index (χ4n) is 0.144. The third-order valence-corrected chi connectivity index (χ3v) is 0.348. The minimum atomic E-state index is 0.976. The van der Waals surface area contributed by atoms with E-state index in [9.17, 15) is 0 Å². The van der Waals surface area contributed by atoms with E-state index >= 15 is 0 Å². The molecule has 0 atom stereocenters. The van der Waals surface area contributed by atoms with Crippen molar-refractivity contribution in [2.24, 2.45) is 0 Å².